The van der Waals surface area contributed by atoms with Crippen LogP contribution in [0.3, 0.4) is 0 Å². The van der Waals surface area contributed by atoms with E-state index in [-0.39, 0.29) is 11.3 Å². The van der Waals surface area contributed by atoms with Gasteiger partial charge in [0.15, 0.2) is 0 Å². The molecule has 4 rings (SSSR count). The molecule has 2 aromatic rings. The van der Waals surface area contributed by atoms with E-state index in [1.54, 1.807) is 13.8 Å². The first-order valence-corrected chi connectivity index (χ1v) is 11.7. The van der Waals surface area contributed by atoms with Crippen molar-refractivity contribution >= 4 is 5.91 Å². The quantitative estimate of drug-likeness (QED) is 0.747. The average Bonchev–Trinajstić information content (AvgIpc) is 3.19. The van der Waals surface area contributed by atoms with Gasteiger partial charge >= 0.3 is 0 Å². The van der Waals surface area contributed by atoms with Crippen molar-refractivity contribution in [3.8, 4) is 11.8 Å². The second-order valence-corrected chi connectivity index (χ2v) is 9.98. The van der Waals surface area contributed by atoms with Crippen molar-refractivity contribution < 1.29 is 9.90 Å². The third kappa shape index (κ3) is 5.79. The van der Waals surface area contributed by atoms with E-state index in [2.05, 4.69) is 47.1 Å². The van der Waals surface area contributed by atoms with Gasteiger partial charge in [-0.1, -0.05) is 48.2 Å². The number of benzene rings is 2. The van der Waals surface area contributed by atoms with E-state index >= 15 is 0 Å². The molecule has 1 spiro atoms. The van der Waals surface area contributed by atoms with Crippen LogP contribution in [-0.2, 0) is 6.42 Å². The molecule has 0 saturated carbocycles. The van der Waals surface area contributed by atoms with E-state index in [1.807, 2.05) is 29.2 Å². The zero-order valence-electron chi connectivity index (χ0n) is 19.3. The second kappa shape index (κ2) is 9.48. The summed E-state index contributed by atoms with van der Waals surface area (Å²) >= 11 is 0. The van der Waals surface area contributed by atoms with Gasteiger partial charge in [0.2, 0.25) is 0 Å². The number of nitrogens with zero attached hydrogens (tertiary/aromatic N) is 2. The minimum Gasteiger partial charge on any atom is -0.378 e. The highest BCUT2D eigenvalue weighted by Gasteiger charge is 2.42. The lowest BCUT2D eigenvalue weighted by Crippen LogP contribution is -2.46. The van der Waals surface area contributed by atoms with Gasteiger partial charge in [0.1, 0.15) is 5.60 Å². The number of rotatable bonds is 4. The summed E-state index contributed by atoms with van der Waals surface area (Å²) in [7, 11) is 0. The van der Waals surface area contributed by atoms with Gasteiger partial charge < -0.3 is 14.9 Å². The van der Waals surface area contributed by atoms with Crippen LogP contribution in [0.1, 0.15) is 54.6 Å². The van der Waals surface area contributed by atoms with E-state index in [1.165, 1.54) is 18.4 Å². The Morgan fingerprint density at radius 3 is 2.66 bits per heavy atom. The first-order chi connectivity index (χ1) is 15.3. The van der Waals surface area contributed by atoms with E-state index in [0.717, 1.165) is 51.1 Å². The summed E-state index contributed by atoms with van der Waals surface area (Å²) in [6.07, 6.45) is 4.57. The van der Waals surface area contributed by atoms with Crippen LogP contribution < -0.4 is 0 Å². The maximum atomic E-state index is 13.2. The largest absolute Gasteiger partial charge is 0.378 e. The average molecular weight is 431 g/mol. The third-order valence-corrected chi connectivity index (χ3v) is 6.65. The van der Waals surface area contributed by atoms with E-state index in [4.69, 9.17) is 0 Å². The van der Waals surface area contributed by atoms with Gasteiger partial charge in [0, 0.05) is 42.7 Å². The first kappa shape index (κ1) is 22.6. The Kier molecular flexibility index (Phi) is 6.69. The fourth-order valence-electron chi connectivity index (χ4n) is 5.01. The van der Waals surface area contributed by atoms with E-state index < -0.39 is 5.60 Å². The fraction of sp³-hybridized carbons (Fsp3) is 0.464. The van der Waals surface area contributed by atoms with Gasteiger partial charge in [-0.05, 0) is 69.8 Å². The molecule has 32 heavy (non-hydrogen) atoms. The molecular formula is C28H34N2O2. The Hall–Kier alpha value is -2.61. The monoisotopic (exact) mass is 430 g/mol. The predicted octanol–water partition coefficient (Wildman–Crippen LogP) is 3.98. The standard InChI is InChI=1S/C28H34N2O2/c1-27(2,32)15-12-24-10-6-11-25(20-24)26(31)30-19-16-28(22-30)14-7-17-29(21-28)18-13-23-8-4-3-5-9-23/h3-6,8-11,20,32H,7,13-14,16-19,21-22H2,1-2H3/t28-/m1/s1. The molecule has 2 heterocycles. The molecule has 2 saturated heterocycles. The molecule has 0 aliphatic carbocycles. The Bertz CT molecular complexity index is 999. The van der Waals surface area contributed by atoms with Crippen molar-refractivity contribution in [1.29, 1.82) is 0 Å². The van der Waals surface area contributed by atoms with Crippen molar-refractivity contribution in [3.63, 3.8) is 0 Å². The van der Waals surface area contributed by atoms with Crippen LogP contribution in [0.15, 0.2) is 54.6 Å². The molecule has 2 aliphatic heterocycles. The lowest BCUT2D eigenvalue weighted by molar-refractivity contribution is 0.0692. The molecule has 0 aromatic heterocycles. The van der Waals surface area contributed by atoms with Crippen molar-refractivity contribution in [1.82, 2.24) is 9.80 Å². The summed E-state index contributed by atoms with van der Waals surface area (Å²) in [6.45, 7) is 8.31. The summed E-state index contributed by atoms with van der Waals surface area (Å²) in [5.74, 6) is 5.90. The molecule has 168 valence electrons. The molecular weight excluding hydrogens is 396 g/mol. The smallest absolute Gasteiger partial charge is 0.253 e. The summed E-state index contributed by atoms with van der Waals surface area (Å²) in [6, 6.07) is 18.2. The number of likely N-dealkylation sites (tertiary alicyclic amines) is 2. The van der Waals surface area contributed by atoms with Crippen molar-refractivity contribution in [2.45, 2.75) is 45.1 Å². The van der Waals surface area contributed by atoms with Gasteiger partial charge in [0.25, 0.3) is 5.91 Å². The number of hydrogen-bond acceptors (Lipinski definition) is 3. The maximum Gasteiger partial charge on any atom is 0.253 e. The highest BCUT2D eigenvalue weighted by Crippen LogP contribution is 2.39. The summed E-state index contributed by atoms with van der Waals surface area (Å²) < 4.78 is 0. The topological polar surface area (TPSA) is 43.8 Å². The highest BCUT2D eigenvalue weighted by molar-refractivity contribution is 5.94. The molecule has 0 unspecified atom stereocenters. The number of piperidine rings is 1. The van der Waals surface area contributed by atoms with Crippen LogP contribution in [0.5, 0.6) is 0 Å². The Morgan fingerprint density at radius 2 is 1.88 bits per heavy atom. The van der Waals surface area contributed by atoms with Crippen LogP contribution >= 0.6 is 0 Å². The third-order valence-electron chi connectivity index (χ3n) is 6.65. The molecule has 0 radical (unpaired) electrons. The lowest BCUT2D eigenvalue weighted by atomic mass is 9.79. The SMILES string of the molecule is CC(C)(O)C#Cc1cccc(C(=O)N2CC[C@@]3(CCCN(CCc4ccccc4)C3)C2)c1. The van der Waals surface area contributed by atoms with Crippen molar-refractivity contribution in [2.75, 3.05) is 32.7 Å². The number of aliphatic hydroxyl groups is 1. The second-order valence-electron chi connectivity index (χ2n) is 9.98. The Balaban J connectivity index is 1.38. The number of amides is 1. The van der Waals surface area contributed by atoms with Gasteiger partial charge in [-0.15, -0.1) is 0 Å². The van der Waals surface area contributed by atoms with Gasteiger partial charge in [-0.3, -0.25) is 4.79 Å². The molecule has 0 bridgehead atoms. The molecule has 4 nitrogen and oxygen atoms in total. The molecule has 1 amide bonds. The summed E-state index contributed by atoms with van der Waals surface area (Å²) in [5, 5.41) is 9.84. The molecule has 1 N–H and O–H groups in total. The number of carbonyl (C=O) groups is 1. The summed E-state index contributed by atoms with van der Waals surface area (Å²) in [5.41, 5.74) is 2.01. The zero-order valence-corrected chi connectivity index (χ0v) is 19.3. The van der Waals surface area contributed by atoms with Crippen LogP contribution in [0.2, 0.25) is 0 Å². The van der Waals surface area contributed by atoms with Crippen molar-refractivity contribution in [2.24, 2.45) is 5.41 Å². The van der Waals surface area contributed by atoms with Crippen LogP contribution in [-0.4, -0.2) is 59.1 Å². The Morgan fingerprint density at radius 1 is 1.06 bits per heavy atom. The molecule has 1 atom stereocenters. The molecule has 2 fully saturated rings. The van der Waals surface area contributed by atoms with Gasteiger partial charge in [0.05, 0.1) is 0 Å². The molecule has 2 aromatic carbocycles. The Labute approximate surface area is 192 Å². The minimum absolute atomic E-state index is 0.0928. The number of carbonyl (C=O) groups excluding carboxylic acids is 1. The molecule has 2 aliphatic rings. The van der Waals surface area contributed by atoms with Crippen LogP contribution in [0, 0.1) is 17.3 Å². The van der Waals surface area contributed by atoms with E-state index in [0.29, 0.717) is 5.56 Å². The maximum absolute atomic E-state index is 13.2. The van der Waals surface area contributed by atoms with E-state index in [9.17, 15) is 9.90 Å². The lowest BCUT2D eigenvalue weighted by Gasteiger charge is -2.40. The minimum atomic E-state index is -1.05. The first-order valence-electron chi connectivity index (χ1n) is 11.7. The van der Waals surface area contributed by atoms with Crippen LogP contribution in [0.25, 0.3) is 0 Å². The fourth-order valence-corrected chi connectivity index (χ4v) is 5.01. The highest BCUT2D eigenvalue weighted by atomic mass is 16.3. The summed E-state index contributed by atoms with van der Waals surface area (Å²) in [4.78, 5) is 17.9. The zero-order chi connectivity index (χ0) is 22.6. The normalized spacial score (nSPS) is 21.4. The predicted molar refractivity (Wildman–Crippen MR) is 128 cm³/mol. The van der Waals surface area contributed by atoms with Crippen LogP contribution in [0.4, 0.5) is 0 Å². The molecule has 4 heteroatoms. The van der Waals surface area contributed by atoms with Gasteiger partial charge in [-0.2, -0.15) is 0 Å². The van der Waals surface area contributed by atoms with Crippen molar-refractivity contribution in [3.05, 3.63) is 71.3 Å². The number of hydrogen-bond donors (Lipinski definition) is 1. The van der Waals surface area contributed by atoms with Gasteiger partial charge in [-0.25, -0.2) is 0 Å².